The third-order valence-electron chi connectivity index (χ3n) is 2.77. The minimum atomic E-state index is -3.55. The van der Waals surface area contributed by atoms with Gasteiger partial charge in [0.15, 0.2) is 0 Å². The number of hydrogen-bond donors (Lipinski definition) is 1. The maximum Gasteiger partial charge on any atom is 0.242 e. The van der Waals surface area contributed by atoms with Gasteiger partial charge in [0.25, 0.3) is 0 Å². The zero-order valence-corrected chi connectivity index (χ0v) is 12.3. The predicted octanol–water partition coefficient (Wildman–Crippen LogP) is 2.88. The Hall–Kier alpha value is -1.17. The largest absolute Gasteiger partial charge is 0.242 e. The van der Waals surface area contributed by atoms with Crippen LogP contribution >= 0.6 is 11.6 Å². The Kier molecular flexibility index (Phi) is 4.08. The average Bonchev–Trinajstić information content (AvgIpc) is 2.37. The molecule has 0 aliphatic rings. The van der Waals surface area contributed by atoms with E-state index in [1.54, 1.807) is 12.1 Å². The van der Waals surface area contributed by atoms with Crippen LogP contribution < -0.4 is 4.72 Å². The van der Waals surface area contributed by atoms with Crippen molar-refractivity contribution in [3.8, 4) is 0 Å². The number of aryl methyl sites for hydroxylation is 1. The summed E-state index contributed by atoms with van der Waals surface area (Å²) in [5.74, 6) is 0. The summed E-state index contributed by atoms with van der Waals surface area (Å²) in [6, 6.07) is 6.91. The molecule has 2 aromatic rings. The molecule has 0 unspecified atom stereocenters. The van der Waals surface area contributed by atoms with Crippen molar-refractivity contribution in [2.45, 2.75) is 25.2 Å². The van der Waals surface area contributed by atoms with Crippen molar-refractivity contribution in [1.82, 2.24) is 9.71 Å². The molecule has 0 bridgehead atoms. The summed E-state index contributed by atoms with van der Waals surface area (Å²) in [5, 5.41) is 1.09. The molecule has 1 heterocycles. The van der Waals surface area contributed by atoms with Crippen molar-refractivity contribution in [2.24, 2.45) is 0 Å². The molecule has 6 heteroatoms. The number of halogens is 1. The Balaban J connectivity index is 2.64. The van der Waals surface area contributed by atoms with E-state index in [-0.39, 0.29) is 4.90 Å². The molecule has 0 saturated heterocycles. The summed E-state index contributed by atoms with van der Waals surface area (Å²) in [5.41, 5.74) is 1.23. The molecule has 0 aliphatic carbocycles. The van der Waals surface area contributed by atoms with Gasteiger partial charge in [0, 0.05) is 11.9 Å². The highest BCUT2D eigenvalue weighted by molar-refractivity contribution is 7.89. The molecule has 1 N–H and O–H groups in total. The van der Waals surface area contributed by atoms with E-state index in [2.05, 4.69) is 9.71 Å². The first-order chi connectivity index (χ1) is 8.95. The maximum atomic E-state index is 12.2. The van der Waals surface area contributed by atoms with Gasteiger partial charge in [-0.2, -0.15) is 0 Å². The maximum absolute atomic E-state index is 12.2. The summed E-state index contributed by atoms with van der Waals surface area (Å²) < 4.78 is 27.0. The van der Waals surface area contributed by atoms with Gasteiger partial charge in [-0.1, -0.05) is 30.7 Å². The van der Waals surface area contributed by atoms with Crippen LogP contribution in [0.4, 0.5) is 0 Å². The lowest BCUT2D eigenvalue weighted by Crippen LogP contribution is -2.24. The van der Waals surface area contributed by atoms with E-state index in [0.29, 0.717) is 17.2 Å². The molecule has 0 amide bonds. The molecule has 0 atom stereocenters. The first-order valence-corrected chi connectivity index (χ1v) is 7.87. The number of para-hydroxylation sites is 1. The van der Waals surface area contributed by atoms with Gasteiger partial charge in [-0.05, 0) is 31.0 Å². The number of nitrogens with zero attached hydrogens (tertiary/aromatic N) is 1. The zero-order valence-electron chi connectivity index (χ0n) is 10.8. The Morgan fingerprint density at radius 3 is 2.79 bits per heavy atom. The van der Waals surface area contributed by atoms with Gasteiger partial charge < -0.3 is 0 Å². The number of pyridine rings is 1. The van der Waals surface area contributed by atoms with E-state index in [9.17, 15) is 8.42 Å². The number of benzene rings is 1. The van der Waals surface area contributed by atoms with Gasteiger partial charge in [0.2, 0.25) is 10.0 Å². The first-order valence-electron chi connectivity index (χ1n) is 6.01. The number of hydrogen-bond acceptors (Lipinski definition) is 3. The number of nitrogens with one attached hydrogen (secondary N) is 1. The quantitative estimate of drug-likeness (QED) is 0.883. The minimum Gasteiger partial charge on any atom is -0.234 e. The molecule has 1 aromatic carbocycles. The normalized spacial score (nSPS) is 11.9. The van der Waals surface area contributed by atoms with Crippen LogP contribution in [0.2, 0.25) is 5.15 Å². The average molecular weight is 299 g/mol. The third kappa shape index (κ3) is 2.88. The smallest absolute Gasteiger partial charge is 0.234 e. The second kappa shape index (κ2) is 5.45. The van der Waals surface area contributed by atoms with E-state index >= 15 is 0 Å². The highest BCUT2D eigenvalue weighted by Crippen LogP contribution is 2.25. The van der Waals surface area contributed by atoms with Gasteiger partial charge in [0.1, 0.15) is 10.0 Å². The molecular weight excluding hydrogens is 284 g/mol. The van der Waals surface area contributed by atoms with Crippen LogP contribution in [0.1, 0.15) is 18.9 Å². The van der Waals surface area contributed by atoms with Crippen molar-refractivity contribution in [3.05, 3.63) is 35.0 Å². The van der Waals surface area contributed by atoms with E-state index in [0.717, 1.165) is 17.4 Å². The molecule has 19 heavy (non-hydrogen) atoms. The van der Waals surface area contributed by atoms with Crippen LogP contribution in [0.5, 0.6) is 0 Å². The topological polar surface area (TPSA) is 59.1 Å². The Morgan fingerprint density at radius 2 is 2.11 bits per heavy atom. The summed E-state index contributed by atoms with van der Waals surface area (Å²) in [6.07, 6.45) is 0.733. The zero-order chi connectivity index (χ0) is 14.0. The van der Waals surface area contributed by atoms with Crippen LogP contribution in [0, 0.1) is 6.92 Å². The van der Waals surface area contributed by atoms with Crippen molar-refractivity contribution in [3.63, 3.8) is 0 Å². The number of rotatable bonds is 4. The highest BCUT2D eigenvalue weighted by Gasteiger charge is 2.18. The second-order valence-electron chi connectivity index (χ2n) is 4.32. The lowest BCUT2D eigenvalue weighted by atomic mass is 10.2. The van der Waals surface area contributed by atoms with Crippen LogP contribution in [0.3, 0.4) is 0 Å². The van der Waals surface area contributed by atoms with E-state index in [4.69, 9.17) is 11.6 Å². The van der Waals surface area contributed by atoms with E-state index in [1.807, 2.05) is 26.0 Å². The van der Waals surface area contributed by atoms with Crippen molar-refractivity contribution in [2.75, 3.05) is 6.54 Å². The molecular formula is C13H15ClN2O2S. The van der Waals surface area contributed by atoms with Gasteiger partial charge in [-0.25, -0.2) is 18.1 Å². The summed E-state index contributed by atoms with van der Waals surface area (Å²) in [7, 11) is -3.55. The molecule has 0 spiro atoms. The summed E-state index contributed by atoms with van der Waals surface area (Å²) in [4.78, 5) is 4.36. The SMILES string of the molecule is CCCNS(=O)(=O)c1cccc2cc(C)c(Cl)nc12. The predicted molar refractivity (Wildman–Crippen MR) is 77.0 cm³/mol. The molecule has 0 aliphatic heterocycles. The van der Waals surface area contributed by atoms with Gasteiger partial charge in [-0.15, -0.1) is 0 Å². The Morgan fingerprint density at radius 1 is 1.37 bits per heavy atom. The molecule has 2 rings (SSSR count). The monoisotopic (exact) mass is 298 g/mol. The lowest BCUT2D eigenvalue weighted by Gasteiger charge is -2.09. The lowest BCUT2D eigenvalue weighted by molar-refractivity contribution is 0.581. The van der Waals surface area contributed by atoms with Crippen LogP contribution in [-0.4, -0.2) is 19.9 Å². The number of sulfonamides is 1. The highest BCUT2D eigenvalue weighted by atomic mass is 35.5. The van der Waals surface area contributed by atoms with Crippen molar-refractivity contribution < 1.29 is 8.42 Å². The fourth-order valence-corrected chi connectivity index (χ4v) is 3.23. The van der Waals surface area contributed by atoms with Crippen LogP contribution in [-0.2, 0) is 10.0 Å². The van der Waals surface area contributed by atoms with Crippen LogP contribution in [0.15, 0.2) is 29.2 Å². The third-order valence-corrected chi connectivity index (χ3v) is 4.64. The number of aromatic nitrogens is 1. The van der Waals surface area contributed by atoms with E-state index in [1.165, 1.54) is 0 Å². The molecule has 1 aromatic heterocycles. The molecule has 0 fully saturated rings. The first kappa shape index (κ1) is 14.2. The molecule has 0 radical (unpaired) electrons. The second-order valence-corrected chi connectivity index (χ2v) is 6.42. The van der Waals surface area contributed by atoms with Crippen LogP contribution in [0.25, 0.3) is 10.9 Å². The van der Waals surface area contributed by atoms with Gasteiger partial charge >= 0.3 is 0 Å². The van der Waals surface area contributed by atoms with Crippen molar-refractivity contribution >= 4 is 32.5 Å². The van der Waals surface area contributed by atoms with Gasteiger partial charge in [-0.3, -0.25) is 0 Å². The van der Waals surface area contributed by atoms with Gasteiger partial charge in [0.05, 0.1) is 5.52 Å². The standard InChI is InChI=1S/C13H15ClN2O2S/c1-3-7-15-19(17,18)11-6-4-5-10-8-9(2)13(14)16-12(10)11/h4-6,8,15H,3,7H2,1-2H3. The van der Waals surface area contributed by atoms with E-state index < -0.39 is 10.0 Å². The minimum absolute atomic E-state index is 0.167. The Labute approximate surface area is 117 Å². The number of fused-ring (bicyclic) bond motifs is 1. The molecule has 0 saturated carbocycles. The van der Waals surface area contributed by atoms with Crippen molar-refractivity contribution in [1.29, 1.82) is 0 Å². The fourth-order valence-electron chi connectivity index (χ4n) is 1.79. The molecule has 102 valence electrons. The fraction of sp³-hybridized carbons (Fsp3) is 0.308. The Bertz CT molecular complexity index is 714. The molecule has 4 nitrogen and oxygen atoms in total. The summed E-state index contributed by atoms with van der Waals surface area (Å²) in [6.45, 7) is 4.15. The summed E-state index contributed by atoms with van der Waals surface area (Å²) >= 11 is 5.99.